The second kappa shape index (κ2) is 36.1. The summed E-state index contributed by atoms with van der Waals surface area (Å²) in [5, 5.41) is 19.9. The number of likely N-dealkylation sites (N-methyl/N-ethyl adjacent to an activating group) is 1. The molecule has 1 unspecified atom stereocenters. The van der Waals surface area contributed by atoms with E-state index >= 15 is 0 Å². The van der Waals surface area contributed by atoms with Gasteiger partial charge in [-0.05, 0) is 84.1 Å². The van der Waals surface area contributed by atoms with Crippen LogP contribution >= 0.6 is 0 Å². The second-order valence-electron chi connectivity index (χ2n) is 13.6. The highest BCUT2D eigenvalue weighted by atomic mass is 16.5. The fourth-order valence-corrected chi connectivity index (χ4v) is 5.38. The predicted molar refractivity (Wildman–Crippen MR) is 205 cm³/mol. The van der Waals surface area contributed by atoms with E-state index in [1.54, 1.807) is 7.05 Å². The first-order valence-electron chi connectivity index (χ1n) is 19.9. The van der Waals surface area contributed by atoms with Crippen molar-refractivity contribution in [3.8, 4) is 0 Å². The Bertz CT molecular complexity index is 739. The van der Waals surface area contributed by atoms with Crippen LogP contribution in [0.3, 0.4) is 0 Å². The molecule has 2 N–H and O–H groups in total. The Kier molecular flexibility index (Phi) is 35.1. The van der Waals surface area contributed by atoms with Crippen LogP contribution in [-0.4, -0.2) is 60.5 Å². The van der Waals surface area contributed by atoms with Crippen molar-refractivity contribution in [2.24, 2.45) is 0 Å². The van der Waals surface area contributed by atoms with Crippen LogP contribution < -0.4 is 0 Å². The minimum absolute atomic E-state index is 0.166. The number of allylic oxidation sites excluding steroid dienone is 8. The first-order chi connectivity index (χ1) is 22.9. The smallest absolute Gasteiger partial charge is 0.221 e. The molecule has 5 nitrogen and oxygen atoms in total. The minimum Gasteiger partial charge on any atom is -0.379 e. The molecule has 47 heavy (non-hydrogen) atoms. The highest BCUT2D eigenvalue weighted by Crippen LogP contribution is 2.12. The van der Waals surface area contributed by atoms with Crippen LogP contribution in [0.5, 0.6) is 0 Å². The molecule has 0 aromatic rings. The summed E-state index contributed by atoms with van der Waals surface area (Å²) in [5.74, 6) is -1.86. The van der Waals surface area contributed by atoms with Crippen LogP contribution in [-0.2, 0) is 9.47 Å². The van der Waals surface area contributed by atoms with Crippen LogP contribution in [0.15, 0.2) is 48.6 Å². The summed E-state index contributed by atoms with van der Waals surface area (Å²) in [6, 6.07) is 0. The van der Waals surface area contributed by atoms with E-state index in [0.29, 0.717) is 19.8 Å². The zero-order chi connectivity index (χ0) is 34.5. The number of hydrogen-bond donors (Lipinski definition) is 2. The van der Waals surface area contributed by atoms with E-state index in [0.717, 1.165) is 32.3 Å². The monoisotopic (exact) mass is 662 g/mol. The second-order valence-corrected chi connectivity index (χ2v) is 13.6. The molecule has 0 aliphatic carbocycles. The van der Waals surface area contributed by atoms with Crippen molar-refractivity contribution in [2.75, 3.05) is 33.4 Å². The lowest BCUT2D eigenvalue weighted by molar-refractivity contribution is -0.249. The third-order valence-electron chi connectivity index (χ3n) is 8.69. The SMILES string of the molecule is CCCCC/C=C\C/C=C\CCCCCCCCOCC(CN(C)C(C)(O)O)OCCCCCCCC/C=C\C/C=C\CCCCC. The fourth-order valence-electron chi connectivity index (χ4n) is 5.38. The van der Waals surface area contributed by atoms with Crippen molar-refractivity contribution in [2.45, 2.75) is 187 Å². The molecule has 0 saturated carbocycles. The lowest BCUT2D eigenvalue weighted by Gasteiger charge is -2.31. The normalized spacial score (nSPS) is 13.5. The molecule has 0 saturated heterocycles. The zero-order valence-electron chi connectivity index (χ0n) is 31.7. The molecule has 0 aromatic carbocycles. The summed E-state index contributed by atoms with van der Waals surface area (Å²) in [7, 11) is 1.71. The first-order valence-corrected chi connectivity index (χ1v) is 19.9. The van der Waals surface area contributed by atoms with Crippen LogP contribution in [0, 0.1) is 0 Å². The molecule has 0 aliphatic rings. The Morgan fingerprint density at radius 1 is 0.532 bits per heavy atom. The van der Waals surface area contributed by atoms with Gasteiger partial charge in [0.25, 0.3) is 0 Å². The molecule has 0 bridgehead atoms. The first kappa shape index (κ1) is 45.8. The standard InChI is InChI=1S/C42H79NO4/c1-5-7-9-11-13-15-17-19-21-23-25-27-29-31-33-35-37-46-40-41(39-43(4)42(3,44)45)47-38-36-34-32-30-28-26-24-22-20-18-16-14-12-10-8-6-2/h13-16,19-22,41,44-45H,5-12,17-18,23-40H2,1-4H3/b15-13-,16-14-,21-19-,22-20-. The summed E-state index contributed by atoms with van der Waals surface area (Å²) in [4.78, 5) is 1.51. The Balaban J connectivity index is 3.86. The Morgan fingerprint density at radius 3 is 1.34 bits per heavy atom. The van der Waals surface area contributed by atoms with E-state index in [9.17, 15) is 10.2 Å². The van der Waals surface area contributed by atoms with E-state index in [1.165, 1.54) is 140 Å². The number of ether oxygens (including phenoxy) is 2. The van der Waals surface area contributed by atoms with Crippen LogP contribution in [0.1, 0.15) is 175 Å². The largest absolute Gasteiger partial charge is 0.379 e. The molecule has 0 radical (unpaired) electrons. The Hall–Kier alpha value is -1.24. The molecule has 5 heteroatoms. The summed E-state index contributed by atoms with van der Waals surface area (Å²) in [5.41, 5.74) is 0. The molecular formula is C42H79NO4. The highest BCUT2D eigenvalue weighted by molar-refractivity contribution is 4.93. The maximum atomic E-state index is 9.95. The molecule has 276 valence electrons. The van der Waals surface area contributed by atoms with Gasteiger partial charge in [-0.3, -0.25) is 4.90 Å². The van der Waals surface area contributed by atoms with Gasteiger partial charge in [-0.1, -0.05) is 140 Å². The summed E-state index contributed by atoms with van der Waals surface area (Å²) in [6.45, 7) is 8.23. The molecule has 0 amide bonds. The number of aliphatic hydroxyl groups is 2. The van der Waals surface area contributed by atoms with E-state index in [1.807, 2.05) is 0 Å². The van der Waals surface area contributed by atoms with E-state index in [2.05, 4.69) is 62.5 Å². The topological polar surface area (TPSA) is 62.2 Å². The molecular weight excluding hydrogens is 582 g/mol. The molecule has 0 aromatic heterocycles. The molecule has 0 aliphatic heterocycles. The zero-order valence-corrected chi connectivity index (χ0v) is 31.7. The fraction of sp³-hybridized carbons (Fsp3) is 0.810. The maximum absolute atomic E-state index is 9.95. The van der Waals surface area contributed by atoms with Crippen molar-refractivity contribution in [3.63, 3.8) is 0 Å². The Morgan fingerprint density at radius 2 is 0.915 bits per heavy atom. The summed E-state index contributed by atoms with van der Waals surface area (Å²) in [6.07, 6.45) is 48.0. The highest BCUT2D eigenvalue weighted by Gasteiger charge is 2.25. The molecule has 0 fully saturated rings. The van der Waals surface area contributed by atoms with Crippen molar-refractivity contribution in [3.05, 3.63) is 48.6 Å². The van der Waals surface area contributed by atoms with Gasteiger partial charge in [0.2, 0.25) is 5.91 Å². The third kappa shape index (κ3) is 35.9. The van der Waals surface area contributed by atoms with E-state index < -0.39 is 5.91 Å². The predicted octanol–water partition coefficient (Wildman–Crippen LogP) is 11.6. The van der Waals surface area contributed by atoms with Crippen molar-refractivity contribution in [1.82, 2.24) is 4.90 Å². The van der Waals surface area contributed by atoms with E-state index in [-0.39, 0.29) is 6.10 Å². The van der Waals surface area contributed by atoms with Crippen LogP contribution in [0.2, 0.25) is 0 Å². The van der Waals surface area contributed by atoms with Crippen molar-refractivity contribution in [1.29, 1.82) is 0 Å². The van der Waals surface area contributed by atoms with E-state index in [4.69, 9.17) is 9.47 Å². The lowest BCUT2D eigenvalue weighted by Crippen LogP contribution is -2.48. The van der Waals surface area contributed by atoms with Crippen molar-refractivity contribution < 1.29 is 19.7 Å². The molecule has 1 atom stereocenters. The van der Waals surface area contributed by atoms with Gasteiger partial charge < -0.3 is 19.7 Å². The molecule has 0 heterocycles. The third-order valence-corrected chi connectivity index (χ3v) is 8.69. The number of rotatable bonds is 36. The maximum Gasteiger partial charge on any atom is 0.221 e. The average Bonchev–Trinajstić information content (AvgIpc) is 3.04. The Labute approximate surface area is 293 Å². The average molecular weight is 662 g/mol. The number of nitrogens with zero attached hydrogens (tertiary/aromatic N) is 1. The number of unbranched alkanes of at least 4 members (excludes halogenated alkanes) is 18. The van der Waals surface area contributed by atoms with Gasteiger partial charge in [0.1, 0.15) is 0 Å². The summed E-state index contributed by atoms with van der Waals surface area (Å²) >= 11 is 0. The van der Waals surface area contributed by atoms with Gasteiger partial charge in [-0.2, -0.15) is 0 Å². The molecule has 0 spiro atoms. The number of hydrogen-bond acceptors (Lipinski definition) is 5. The van der Waals surface area contributed by atoms with Crippen LogP contribution in [0.4, 0.5) is 0 Å². The quantitative estimate of drug-likeness (QED) is 0.0397. The van der Waals surface area contributed by atoms with Gasteiger partial charge in [-0.25, -0.2) is 0 Å². The van der Waals surface area contributed by atoms with Gasteiger partial charge in [-0.15, -0.1) is 0 Å². The van der Waals surface area contributed by atoms with Crippen LogP contribution in [0.25, 0.3) is 0 Å². The minimum atomic E-state index is -1.86. The van der Waals surface area contributed by atoms with Crippen molar-refractivity contribution >= 4 is 0 Å². The summed E-state index contributed by atoms with van der Waals surface area (Å²) < 4.78 is 12.1. The van der Waals surface area contributed by atoms with Gasteiger partial charge in [0, 0.05) is 26.7 Å². The van der Waals surface area contributed by atoms with Gasteiger partial charge in [0.05, 0.1) is 12.7 Å². The lowest BCUT2D eigenvalue weighted by atomic mass is 10.1. The van der Waals surface area contributed by atoms with Gasteiger partial charge in [0.15, 0.2) is 0 Å². The molecule has 0 rings (SSSR count). The van der Waals surface area contributed by atoms with Gasteiger partial charge >= 0.3 is 0 Å².